The quantitative estimate of drug-likeness (QED) is 0.666. The van der Waals surface area contributed by atoms with E-state index in [0.29, 0.717) is 0 Å². The van der Waals surface area contributed by atoms with Gasteiger partial charge in [0.2, 0.25) is 0 Å². The van der Waals surface area contributed by atoms with Gasteiger partial charge in [-0.05, 0) is 18.6 Å². The van der Waals surface area contributed by atoms with Crippen molar-refractivity contribution in [2.24, 2.45) is 0 Å². The molecule has 0 N–H and O–H groups in total. The van der Waals surface area contributed by atoms with Crippen molar-refractivity contribution in [2.45, 2.75) is 26.2 Å². The summed E-state index contributed by atoms with van der Waals surface area (Å²) in [5.74, 6) is 0.0917. The molecule has 0 spiro atoms. The normalized spacial score (nSPS) is 11.9. The van der Waals surface area contributed by atoms with Gasteiger partial charge in [-0.2, -0.15) is 0 Å². The van der Waals surface area contributed by atoms with Gasteiger partial charge in [0.25, 0.3) is 0 Å². The lowest BCUT2D eigenvalue weighted by Gasteiger charge is -2.20. The van der Waals surface area contributed by atoms with E-state index in [4.69, 9.17) is 0 Å². The Morgan fingerprint density at radius 1 is 1.21 bits per heavy atom. The van der Waals surface area contributed by atoms with Crippen molar-refractivity contribution in [3.8, 4) is 0 Å². The molecule has 0 saturated carbocycles. The minimum atomic E-state index is -0.0765. The van der Waals surface area contributed by atoms with Gasteiger partial charge in [0.05, 0.1) is 0 Å². The Hall–Kier alpha value is -1.37. The molecule has 0 aliphatic rings. The highest BCUT2D eigenvalue weighted by Gasteiger charge is 2.15. The molecule has 0 heterocycles. The van der Waals surface area contributed by atoms with E-state index in [2.05, 4.69) is 26.0 Å². The van der Waals surface area contributed by atoms with E-state index in [9.17, 15) is 4.79 Å². The smallest absolute Gasteiger partial charge is 0.152 e. The van der Waals surface area contributed by atoms with E-state index in [1.54, 1.807) is 13.0 Å². The van der Waals surface area contributed by atoms with Crippen LogP contribution >= 0.6 is 0 Å². The second kappa shape index (κ2) is 4.23. The monoisotopic (exact) mass is 188 g/mol. The molecule has 1 aromatic rings. The molecule has 1 heteroatoms. The van der Waals surface area contributed by atoms with Crippen molar-refractivity contribution in [2.75, 3.05) is 0 Å². The third kappa shape index (κ3) is 2.84. The molecular weight excluding hydrogens is 172 g/mol. The fraction of sp³-hybridized carbons (Fsp3) is 0.308. The van der Waals surface area contributed by atoms with Crippen molar-refractivity contribution in [1.82, 2.24) is 0 Å². The van der Waals surface area contributed by atoms with Crippen molar-refractivity contribution >= 4 is 5.78 Å². The summed E-state index contributed by atoms with van der Waals surface area (Å²) in [5.41, 5.74) is 1.14. The second-order valence-corrected chi connectivity index (χ2v) is 4.03. The van der Waals surface area contributed by atoms with Crippen LogP contribution in [0.25, 0.3) is 0 Å². The Kier molecular flexibility index (Phi) is 3.23. The van der Waals surface area contributed by atoms with Crippen LogP contribution in [0.3, 0.4) is 0 Å². The maximum atomic E-state index is 10.8. The number of allylic oxidation sites excluding steroid dienone is 2. The number of ketones is 1. The van der Waals surface area contributed by atoms with Gasteiger partial charge in [-0.15, -0.1) is 0 Å². The summed E-state index contributed by atoms with van der Waals surface area (Å²) in [6.07, 6.45) is 3.58. The summed E-state index contributed by atoms with van der Waals surface area (Å²) >= 11 is 0. The number of carbonyl (C=O) groups excluding carboxylic acids is 1. The zero-order valence-corrected chi connectivity index (χ0v) is 8.95. The molecule has 0 atom stereocenters. The van der Waals surface area contributed by atoms with Gasteiger partial charge in [0, 0.05) is 5.41 Å². The molecule has 0 radical (unpaired) electrons. The third-order valence-electron chi connectivity index (χ3n) is 2.25. The Bertz CT molecular complexity index is 334. The molecule has 0 saturated heterocycles. The Labute approximate surface area is 85.5 Å². The summed E-state index contributed by atoms with van der Waals surface area (Å²) < 4.78 is 0. The molecule has 0 fully saturated rings. The molecule has 0 bridgehead atoms. The predicted molar refractivity (Wildman–Crippen MR) is 59.3 cm³/mol. The molecule has 74 valence electrons. The molecule has 0 aromatic heterocycles. The van der Waals surface area contributed by atoms with E-state index in [0.717, 1.165) is 0 Å². The fourth-order valence-electron chi connectivity index (χ4n) is 1.29. The number of carbonyl (C=O) groups is 1. The molecule has 0 unspecified atom stereocenters. The second-order valence-electron chi connectivity index (χ2n) is 4.03. The molecular formula is C13H16O. The van der Waals surface area contributed by atoms with E-state index in [1.165, 1.54) is 5.56 Å². The summed E-state index contributed by atoms with van der Waals surface area (Å²) in [7, 11) is 0. The van der Waals surface area contributed by atoms with Crippen LogP contribution in [-0.2, 0) is 10.2 Å². The fourth-order valence-corrected chi connectivity index (χ4v) is 1.29. The SMILES string of the molecule is CC(=O)/C=C/C(C)(C)c1ccccc1. The van der Waals surface area contributed by atoms with Gasteiger partial charge in [0.1, 0.15) is 0 Å². The number of hydrogen-bond acceptors (Lipinski definition) is 1. The van der Waals surface area contributed by atoms with Crippen LogP contribution in [0.15, 0.2) is 42.5 Å². The average Bonchev–Trinajstić information content (AvgIpc) is 2.16. The van der Waals surface area contributed by atoms with Gasteiger partial charge in [0.15, 0.2) is 5.78 Å². The van der Waals surface area contributed by atoms with Crippen LogP contribution in [0.4, 0.5) is 0 Å². The minimum absolute atomic E-state index is 0.0765. The van der Waals surface area contributed by atoms with Crippen molar-refractivity contribution in [3.05, 3.63) is 48.0 Å². The van der Waals surface area contributed by atoms with Crippen LogP contribution in [0, 0.1) is 0 Å². The first-order valence-corrected chi connectivity index (χ1v) is 4.78. The maximum absolute atomic E-state index is 10.8. The van der Waals surface area contributed by atoms with Gasteiger partial charge in [-0.1, -0.05) is 50.3 Å². The highest BCUT2D eigenvalue weighted by molar-refractivity contribution is 5.87. The van der Waals surface area contributed by atoms with Crippen molar-refractivity contribution in [3.63, 3.8) is 0 Å². The van der Waals surface area contributed by atoms with Gasteiger partial charge in [-0.25, -0.2) is 0 Å². The third-order valence-corrected chi connectivity index (χ3v) is 2.25. The molecule has 0 aliphatic carbocycles. The first kappa shape index (κ1) is 10.7. The van der Waals surface area contributed by atoms with Crippen LogP contribution < -0.4 is 0 Å². The number of benzene rings is 1. The van der Waals surface area contributed by atoms with E-state index in [1.807, 2.05) is 24.3 Å². The molecule has 1 aromatic carbocycles. The lowest BCUT2D eigenvalue weighted by Crippen LogP contribution is -2.13. The van der Waals surface area contributed by atoms with Crippen molar-refractivity contribution in [1.29, 1.82) is 0 Å². The highest BCUT2D eigenvalue weighted by atomic mass is 16.1. The maximum Gasteiger partial charge on any atom is 0.152 e. The molecule has 1 nitrogen and oxygen atoms in total. The van der Waals surface area contributed by atoms with E-state index in [-0.39, 0.29) is 11.2 Å². The largest absolute Gasteiger partial charge is 0.295 e. The molecule has 1 rings (SSSR count). The predicted octanol–water partition coefficient (Wildman–Crippen LogP) is 3.11. The zero-order chi connectivity index (χ0) is 10.6. The molecule has 14 heavy (non-hydrogen) atoms. The Morgan fingerprint density at radius 2 is 1.79 bits per heavy atom. The Morgan fingerprint density at radius 3 is 2.29 bits per heavy atom. The lowest BCUT2D eigenvalue weighted by molar-refractivity contribution is -0.112. The topological polar surface area (TPSA) is 17.1 Å². The number of rotatable bonds is 3. The summed E-state index contributed by atoms with van der Waals surface area (Å²) in [4.78, 5) is 10.8. The van der Waals surface area contributed by atoms with Crippen LogP contribution in [0.5, 0.6) is 0 Å². The first-order chi connectivity index (χ1) is 6.52. The lowest BCUT2D eigenvalue weighted by atomic mass is 9.84. The van der Waals surface area contributed by atoms with Gasteiger partial charge < -0.3 is 0 Å². The Balaban J connectivity index is 2.91. The zero-order valence-electron chi connectivity index (χ0n) is 8.95. The number of hydrogen-bond donors (Lipinski definition) is 0. The average molecular weight is 188 g/mol. The summed E-state index contributed by atoms with van der Waals surface area (Å²) in [6.45, 7) is 5.76. The molecule has 0 aliphatic heterocycles. The van der Waals surface area contributed by atoms with E-state index < -0.39 is 0 Å². The van der Waals surface area contributed by atoms with Gasteiger partial charge >= 0.3 is 0 Å². The van der Waals surface area contributed by atoms with Crippen LogP contribution in [0.1, 0.15) is 26.3 Å². The van der Waals surface area contributed by atoms with Crippen molar-refractivity contribution < 1.29 is 4.79 Å². The van der Waals surface area contributed by atoms with E-state index >= 15 is 0 Å². The minimum Gasteiger partial charge on any atom is -0.295 e. The van der Waals surface area contributed by atoms with Gasteiger partial charge in [-0.3, -0.25) is 4.79 Å². The van der Waals surface area contributed by atoms with Crippen LogP contribution in [-0.4, -0.2) is 5.78 Å². The highest BCUT2D eigenvalue weighted by Crippen LogP contribution is 2.23. The summed E-state index contributed by atoms with van der Waals surface area (Å²) in [5, 5.41) is 0. The standard InChI is InChI=1S/C13H16O/c1-11(14)9-10-13(2,3)12-7-5-4-6-8-12/h4-10H,1-3H3/b10-9+. The first-order valence-electron chi connectivity index (χ1n) is 4.78. The molecule has 0 amide bonds. The summed E-state index contributed by atoms with van der Waals surface area (Å²) in [6, 6.07) is 10.2. The van der Waals surface area contributed by atoms with Crippen LogP contribution in [0.2, 0.25) is 0 Å².